The Morgan fingerprint density at radius 2 is 1.88 bits per heavy atom. The second-order valence-corrected chi connectivity index (χ2v) is 8.12. The minimum Gasteiger partial charge on any atom is -0.497 e. The molecule has 4 rings (SSSR count). The van der Waals surface area contributed by atoms with Crippen molar-refractivity contribution in [2.24, 2.45) is 12.1 Å². The molecule has 2 amide bonds. The van der Waals surface area contributed by atoms with Crippen LogP contribution >= 0.6 is 0 Å². The summed E-state index contributed by atoms with van der Waals surface area (Å²) in [5, 5.41) is 8.87. The summed E-state index contributed by atoms with van der Waals surface area (Å²) in [7, 11) is 3.49. The zero-order chi connectivity index (χ0) is 23.5. The molecule has 0 bridgehead atoms. The van der Waals surface area contributed by atoms with Crippen molar-refractivity contribution in [3.8, 4) is 5.75 Å². The molecular weight excluding hydrogens is 418 g/mol. The number of amides is 2. The Bertz CT molecular complexity index is 1210. The molecule has 1 aliphatic heterocycles. The molecule has 1 aromatic heterocycles. The number of nitrogens with zero attached hydrogens (tertiary/aromatic N) is 4. The van der Waals surface area contributed by atoms with Gasteiger partial charge in [0, 0.05) is 32.3 Å². The molecule has 8 nitrogen and oxygen atoms in total. The number of aromatic nitrogens is 2. The van der Waals surface area contributed by atoms with Crippen LogP contribution in [0.3, 0.4) is 0 Å². The average Bonchev–Trinajstić information content (AvgIpc) is 3.25. The maximum absolute atomic E-state index is 13.3. The molecule has 0 saturated carbocycles. The van der Waals surface area contributed by atoms with Crippen molar-refractivity contribution in [3.63, 3.8) is 0 Å². The number of carbonyl (C=O) groups is 2. The lowest BCUT2D eigenvalue weighted by Gasteiger charge is -2.26. The van der Waals surface area contributed by atoms with Gasteiger partial charge in [0.25, 0.3) is 5.91 Å². The first-order chi connectivity index (χ1) is 15.9. The van der Waals surface area contributed by atoms with Gasteiger partial charge in [-0.3, -0.25) is 9.59 Å². The van der Waals surface area contributed by atoms with Crippen LogP contribution in [0.15, 0.2) is 60.0 Å². The van der Waals surface area contributed by atoms with Gasteiger partial charge in [-0.2, -0.15) is 5.10 Å². The molecule has 0 spiro atoms. The molecule has 170 valence electrons. The van der Waals surface area contributed by atoms with Crippen LogP contribution in [0.25, 0.3) is 0 Å². The van der Waals surface area contributed by atoms with E-state index in [1.54, 1.807) is 13.3 Å². The second kappa shape index (κ2) is 9.28. The number of hydrogen-bond acceptors (Lipinski definition) is 5. The Kier molecular flexibility index (Phi) is 6.26. The number of anilines is 1. The number of rotatable bonds is 6. The van der Waals surface area contributed by atoms with E-state index in [4.69, 9.17) is 4.74 Å². The van der Waals surface area contributed by atoms with Crippen molar-refractivity contribution >= 4 is 23.2 Å². The van der Waals surface area contributed by atoms with Crippen LogP contribution in [-0.4, -0.2) is 34.2 Å². The lowest BCUT2D eigenvalue weighted by molar-refractivity contribution is -0.119. The fraction of sp³-hybridized carbons (Fsp3) is 0.280. The highest BCUT2D eigenvalue weighted by Crippen LogP contribution is 2.27. The summed E-state index contributed by atoms with van der Waals surface area (Å²) >= 11 is 0. The number of benzene rings is 2. The first kappa shape index (κ1) is 22.3. The first-order valence-electron chi connectivity index (χ1n) is 10.8. The Hall–Kier alpha value is -3.94. The van der Waals surface area contributed by atoms with Crippen molar-refractivity contribution in [2.75, 3.05) is 12.1 Å². The van der Waals surface area contributed by atoms with Crippen LogP contribution < -0.4 is 15.1 Å². The molecule has 0 saturated heterocycles. The average molecular weight is 446 g/mol. The number of hydrazone groups is 1. The number of aryl methyl sites for hydroxylation is 3. The number of methoxy groups -OCH3 is 1. The highest BCUT2D eigenvalue weighted by Gasteiger charge is 2.29. The van der Waals surface area contributed by atoms with Gasteiger partial charge in [-0.1, -0.05) is 24.3 Å². The van der Waals surface area contributed by atoms with Crippen LogP contribution in [0.5, 0.6) is 5.75 Å². The summed E-state index contributed by atoms with van der Waals surface area (Å²) < 4.78 is 7.12. The van der Waals surface area contributed by atoms with E-state index in [9.17, 15) is 9.59 Å². The lowest BCUT2D eigenvalue weighted by Crippen LogP contribution is -2.41. The highest BCUT2D eigenvalue weighted by atomic mass is 16.5. The van der Waals surface area contributed by atoms with Crippen molar-refractivity contribution in [2.45, 2.75) is 32.7 Å². The molecule has 3 aromatic rings. The number of carbonyl (C=O) groups excluding carboxylic acids is 2. The molecule has 0 fully saturated rings. The zero-order valence-corrected chi connectivity index (χ0v) is 19.2. The van der Waals surface area contributed by atoms with E-state index >= 15 is 0 Å². The Morgan fingerprint density at radius 1 is 1.12 bits per heavy atom. The smallest absolute Gasteiger partial charge is 0.268 e. The zero-order valence-electron chi connectivity index (χ0n) is 19.2. The van der Waals surface area contributed by atoms with Crippen LogP contribution in [0.1, 0.15) is 41.4 Å². The number of hydrogen-bond donors (Lipinski definition) is 1. The van der Waals surface area contributed by atoms with Gasteiger partial charge in [-0.25, -0.2) is 9.99 Å². The van der Waals surface area contributed by atoms with Gasteiger partial charge in [-0.05, 0) is 48.7 Å². The first-order valence-corrected chi connectivity index (χ1v) is 10.8. The van der Waals surface area contributed by atoms with Crippen molar-refractivity contribution < 1.29 is 14.3 Å². The monoisotopic (exact) mass is 445 g/mol. The molecule has 2 aromatic carbocycles. The molecular formula is C25H27N5O3. The number of nitrogens with one attached hydrogen (secondary N) is 1. The summed E-state index contributed by atoms with van der Waals surface area (Å²) in [6.45, 7) is 3.88. The Labute approximate surface area is 192 Å². The minimum atomic E-state index is -0.488. The SMILES string of the molecule is COc1ccc(C(NC(=O)C2=NN(c3cc(C)ccc3C)C(=O)CC2)c2nccn2C)cc1. The van der Waals surface area contributed by atoms with E-state index < -0.39 is 6.04 Å². The fourth-order valence-corrected chi connectivity index (χ4v) is 3.82. The molecule has 0 radical (unpaired) electrons. The molecule has 1 aliphatic rings. The van der Waals surface area contributed by atoms with Crippen LogP contribution in [-0.2, 0) is 16.6 Å². The summed E-state index contributed by atoms with van der Waals surface area (Å²) in [5.41, 5.74) is 3.80. The molecule has 1 N–H and O–H groups in total. The van der Waals surface area contributed by atoms with Crippen LogP contribution in [0.2, 0.25) is 0 Å². The van der Waals surface area contributed by atoms with Gasteiger partial charge in [-0.15, -0.1) is 0 Å². The van der Waals surface area contributed by atoms with Crippen LogP contribution in [0, 0.1) is 13.8 Å². The molecule has 33 heavy (non-hydrogen) atoms. The topological polar surface area (TPSA) is 88.8 Å². The summed E-state index contributed by atoms with van der Waals surface area (Å²) in [6, 6.07) is 12.8. The van der Waals surface area contributed by atoms with Crippen molar-refractivity contribution in [1.82, 2.24) is 14.9 Å². The molecule has 1 unspecified atom stereocenters. The molecule has 8 heteroatoms. The van der Waals surface area contributed by atoms with E-state index in [0.717, 1.165) is 22.4 Å². The third kappa shape index (κ3) is 4.64. The predicted molar refractivity (Wildman–Crippen MR) is 126 cm³/mol. The lowest BCUT2D eigenvalue weighted by atomic mass is 10.0. The predicted octanol–water partition coefficient (Wildman–Crippen LogP) is 3.43. The van der Waals surface area contributed by atoms with Gasteiger partial charge in [0.05, 0.1) is 12.8 Å². The quantitative estimate of drug-likeness (QED) is 0.630. The molecule has 1 atom stereocenters. The fourth-order valence-electron chi connectivity index (χ4n) is 3.82. The Balaban J connectivity index is 1.65. The third-order valence-corrected chi connectivity index (χ3v) is 5.73. The summed E-state index contributed by atoms with van der Waals surface area (Å²) in [5.74, 6) is 0.952. The van der Waals surface area contributed by atoms with Gasteiger partial charge in [0.1, 0.15) is 23.3 Å². The van der Waals surface area contributed by atoms with Gasteiger partial charge in [0.2, 0.25) is 5.91 Å². The summed E-state index contributed by atoms with van der Waals surface area (Å²) in [6.07, 6.45) is 4.02. The van der Waals surface area contributed by atoms with E-state index in [2.05, 4.69) is 15.4 Å². The number of ether oxygens (including phenoxy) is 1. The Morgan fingerprint density at radius 3 is 2.55 bits per heavy atom. The molecule has 2 heterocycles. The van der Waals surface area contributed by atoms with Crippen LogP contribution in [0.4, 0.5) is 5.69 Å². The van der Waals surface area contributed by atoms with Crippen molar-refractivity contribution in [3.05, 3.63) is 77.4 Å². The van der Waals surface area contributed by atoms with Gasteiger partial charge < -0.3 is 14.6 Å². The van der Waals surface area contributed by atoms with E-state index in [1.807, 2.05) is 74.1 Å². The van der Waals surface area contributed by atoms with E-state index in [-0.39, 0.29) is 24.7 Å². The molecule has 0 aliphatic carbocycles. The normalized spacial score (nSPS) is 14.6. The van der Waals surface area contributed by atoms with E-state index in [1.165, 1.54) is 5.01 Å². The maximum Gasteiger partial charge on any atom is 0.268 e. The standard InChI is InChI=1S/C25H27N5O3/c1-16-5-6-17(2)21(15-16)30-22(31)12-11-20(28-30)25(32)27-23(24-26-13-14-29(24)3)18-7-9-19(33-4)10-8-18/h5-10,13-15,23H,11-12H2,1-4H3,(H,27,32). The minimum absolute atomic E-state index is 0.129. The highest BCUT2D eigenvalue weighted by molar-refractivity contribution is 6.40. The third-order valence-electron chi connectivity index (χ3n) is 5.73. The second-order valence-electron chi connectivity index (χ2n) is 8.12. The maximum atomic E-state index is 13.3. The summed E-state index contributed by atoms with van der Waals surface area (Å²) in [4.78, 5) is 30.4. The van der Waals surface area contributed by atoms with Gasteiger partial charge in [0.15, 0.2) is 0 Å². The van der Waals surface area contributed by atoms with Gasteiger partial charge >= 0.3 is 0 Å². The number of imidazole rings is 1. The van der Waals surface area contributed by atoms with E-state index in [0.29, 0.717) is 17.2 Å². The van der Waals surface area contributed by atoms with Crippen molar-refractivity contribution in [1.29, 1.82) is 0 Å². The largest absolute Gasteiger partial charge is 0.497 e.